The second-order valence-corrected chi connectivity index (χ2v) is 7.03. The Hall–Kier alpha value is -1.36. The predicted octanol–water partition coefficient (Wildman–Crippen LogP) is 3.77. The highest BCUT2D eigenvalue weighted by Crippen LogP contribution is 2.33. The van der Waals surface area contributed by atoms with Crippen molar-refractivity contribution in [2.45, 2.75) is 38.3 Å². The molecular formula is C18H23NO2S. The minimum Gasteiger partial charge on any atom is -0.493 e. The van der Waals surface area contributed by atoms with Gasteiger partial charge in [0.05, 0.1) is 6.61 Å². The largest absolute Gasteiger partial charge is 0.493 e. The highest BCUT2D eigenvalue weighted by Gasteiger charge is 2.26. The Bertz CT molecular complexity index is 622. The van der Waals surface area contributed by atoms with Crippen LogP contribution in [0.2, 0.25) is 0 Å². The van der Waals surface area contributed by atoms with Crippen LogP contribution in [-0.2, 0) is 5.60 Å². The normalized spacial score (nSPS) is 20.6. The zero-order valence-electron chi connectivity index (χ0n) is 13.1. The molecule has 0 spiro atoms. The van der Waals surface area contributed by atoms with E-state index in [1.54, 1.807) is 11.3 Å². The van der Waals surface area contributed by atoms with Gasteiger partial charge in [-0.2, -0.15) is 11.3 Å². The first kappa shape index (κ1) is 15.5. The van der Waals surface area contributed by atoms with E-state index >= 15 is 0 Å². The molecule has 2 unspecified atom stereocenters. The van der Waals surface area contributed by atoms with Crippen molar-refractivity contribution in [3.05, 3.63) is 51.7 Å². The maximum atomic E-state index is 10.7. The van der Waals surface area contributed by atoms with Gasteiger partial charge in [0.25, 0.3) is 0 Å². The average Bonchev–Trinajstić information content (AvgIpc) is 2.96. The summed E-state index contributed by atoms with van der Waals surface area (Å²) in [5.41, 5.74) is 2.57. The Kier molecular flexibility index (Phi) is 4.52. The summed E-state index contributed by atoms with van der Waals surface area (Å²) >= 11 is 1.61. The zero-order valence-corrected chi connectivity index (χ0v) is 14.0. The van der Waals surface area contributed by atoms with Gasteiger partial charge in [-0.25, -0.2) is 0 Å². The lowest BCUT2D eigenvalue weighted by Gasteiger charge is -2.27. The minimum absolute atomic E-state index is 0.225. The summed E-state index contributed by atoms with van der Waals surface area (Å²) in [4.78, 5) is 0. The highest BCUT2D eigenvalue weighted by atomic mass is 32.1. The molecule has 1 aliphatic heterocycles. The van der Waals surface area contributed by atoms with Crippen molar-refractivity contribution in [3.8, 4) is 5.75 Å². The van der Waals surface area contributed by atoms with E-state index < -0.39 is 5.60 Å². The first-order valence-corrected chi connectivity index (χ1v) is 8.72. The van der Waals surface area contributed by atoms with Crippen molar-refractivity contribution in [2.75, 3.05) is 13.2 Å². The number of hydrogen-bond acceptors (Lipinski definition) is 4. The van der Waals surface area contributed by atoms with Gasteiger partial charge in [-0.05, 0) is 55.1 Å². The number of fused-ring (bicyclic) bond motifs is 1. The minimum atomic E-state index is -0.850. The van der Waals surface area contributed by atoms with E-state index in [-0.39, 0.29) is 6.04 Å². The Balaban J connectivity index is 1.77. The molecule has 3 rings (SSSR count). The maximum Gasteiger partial charge on any atom is 0.124 e. The summed E-state index contributed by atoms with van der Waals surface area (Å²) in [6, 6.07) is 8.55. The molecule has 1 aliphatic rings. The molecule has 0 amide bonds. The standard InChI is InChI=1S/C18H23NO2S/c1-13-5-6-17-15(10-13)16(4-3-8-21-17)19-12-18(2,20)14-7-9-22-11-14/h5-7,9-11,16,19-20H,3-4,8,12H2,1-2H3. The van der Waals surface area contributed by atoms with Crippen molar-refractivity contribution in [1.82, 2.24) is 5.32 Å². The molecule has 22 heavy (non-hydrogen) atoms. The smallest absolute Gasteiger partial charge is 0.124 e. The molecule has 0 radical (unpaired) electrons. The van der Waals surface area contributed by atoms with E-state index in [0.717, 1.165) is 30.8 Å². The van der Waals surface area contributed by atoms with Crippen molar-refractivity contribution in [3.63, 3.8) is 0 Å². The number of nitrogens with one attached hydrogen (secondary N) is 1. The molecule has 0 aliphatic carbocycles. The second kappa shape index (κ2) is 6.41. The van der Waals surface area contributed by atoms with Crippen LogP contribution in [0.25, 0.3) is 0 Å². The Morgan fingerprint density at radius 3 is 3.05 bits per heavy atom. The van der Waals surface area contributed by atoms with Crippen molar-refractivity contribution in [1.29, 1.82) is 0 Å². The first-order valence-electron chi connectivity index (χ1n) is 7.78. The van der Waals surface area contributed by atoms with E-state index in [2.05, 4.69) is 30.4 Å². The van der Waals surface area contributed by atoms with E-state index in [0.29, 0.717) is 6.54 Å². The summed E-state index contributed by atoms with van der Waals surface area (Å²) in [5.74, 6) is 0.968. The second-order valence-electron chi connectivity index (χ2n) is 6.25. The van der Waals surface area contributed by atoms with Gasteiger partial charge >= 0.3 is 0 Å². The van der Waals surface area contributed by atoms with Crippen LogP contribution in [0.1, 0.15) is 42.5 Å². The average molecular weight is 317 g/mol. The quantitative estimate of drug-likeness (QED) is 0.902. The van der Waals surface area contributed by atoms with Gasteiger partial charge in [0.2, 0.25) is 0 Å². The number of aliphatic hydroxyl groups is 1. The topological polar surface area (TPSA) is 41.5 Å². The summed E-state index contributed by atoms with van der Waals surface area (Å²) < 4.78 is 5.84. The molecule has 2 atom stereocenters. The van der Waals surface area contributed by atoms with Crippen LogP contribution in [0, 0.1) is 6.92 Å². The fourth-order valence-electron chi connectivity index (χ4n) is 2.90. The van der Waals surface area contributed by atoms with Gasteiger partial charge in [-0.15, -0.1) is 0 Å². The van der Waals surface area contributed by atoms with Crippen molar-refractivity contribution >= 4 is 11.3 Å². The number of thiophene rings is 1. The predicted molar refractivity (Wildman–Crippen MR) is 90.5 cm³/mol. The highest BCUT2D eigenvalue weighted by molar-refractivity contribution is 7.08. The molecule has 2 aromatic rings. The molecule has 0 fully saturated rings. The zero-order chi connectivity index (χ0) is 15.6. The van der Waals surface area contributed by atoms with E-state index in [9.17, 15) is 5.11 Å². The number of ether oxygens (including phenoxy) is 1. The lowest BCUT2D eigenvalue weighted by Crippen LogP contribution is -2.37. The molecule has 2 N–H and O–H groups in total. The summed E-state index contributed by atoms with van der Waals surface area (Å²) in [6.07, 6.45) is 2.04. The van der Waals surface area contributed by atoms with Gasteiger partial charge in [-0.3, -0.25) is 0 Å². The van der Waals surface area contributed by atoms with Crippen LogP contribution in [0.15, 0.2) is 35.0 Å². The Morgan fingerprint density at radius 2 is 2.27 bits per heavy atom. The molecule has 0 bridgehead atoms. The molecular weight excluding hydrogens is 294 g/mol. The fraction of sp³-hybridized carbons (Fsp3) is 0.444. The van der Waals surface area contributed by atoms with E-state index in [4.69, 9.17) is 4.74 Å². The Labute approximate surface area is 136 Å². The fourth-order valence-corrected chi connectivity index (χ4v) is 3.69. The van der Waals surface area contributed by atoms with E-state index in [1.807, 2.05) is 23.8 Å². The lowest BCUT2D eigenvalue weighted by molar-refractivity contribution is 0.0538. The molecule has 1 aromatic heterocycles. The van der Waals surface area contributed by atoms with Crippen LogP contribution in [0.5, 0.6) is 5.75 Å². The summed E-state index contributed by atoms with van der Waals surface area (Å²) in [7, 11) is 0. The monoisotopic (exact) mass is 317 g/mol. The molecule has 0 saturated carbocycles. The summed E-state index contributed by atoms with van der Waals surface area (Å²) in [5, 5.41) is 18.3. The third kappa shape index (κ3) is 3.35. The van der Waals surface area contributed by atoms with Crippen LogP contribution in [-0.4, -0.2) is 18.3 Å². The maximum absolute atomic E-state index is 10.7. The molecule has 1 aromatic carbocycles. The first-order chi connectivity index (χ1) is 10.6. The number of benzene rings is 1. The number of hydrogen-bond donors (Lipinski definition) is 2. The molecule has 118 valence electrons. The van der Waals surface area contributed by atoms with E-state index in [1.165, 1.54) is 11.1 Å². The van der Waals surface area contributed by atoms with Crippen LogP contribution >= 0.6 is 11.3 Å². The van der Waals surface area contributed by atoms with Gasteiger partial charge in [0, 0.05) is 18.2 Å². The van der Waals surface area contributed by atoms with Crippen LogP contribution in [0.3, 0.4) is 0 Å². The van der Waals surface area contributed by atoms with Crippen molar-refractivity contribution < 1.29 is 9.84 Å². The van der Waals surface area contributed by atoms with Crippen molar-refractivity contribution in [2.24, 2.45) is 0 Å². The van der Waals surface area contributed by atoms with Crippen LogP contribution < -0.4 is 10.1 Å². The molecule has 3 nitrogen and oxygen atoms in total. The third-order valence-electron chi connectivity index (χ3n) is 4.27. The molecule has 2 heterocycles. The third-order valence-corrected chi connectivity index (χ3v) is 4.95. The van der Waals surface area contributed by atoms with Gasteiger partial charge < -0.3 is 15.2 Å². The van der Waals surface area contributed by atoms with Gasteiger partial charge in [0.15, 0.2) is 0 Å². The van der Waals surface area contributed by atoms with Gasteiger partial charge in [0.1, 0.15) is 11.4 Å². The van der Waals surface area contributed by atoms with Crippen LogP contribution in [0.4, 0.5) is 0 Å². The molecule has 0 saturated heterocycles. The SMILES string of the molecule is Cc1ccc2c(c1)C(NCC(C)(O)c1ccsc1)CCCO2. The number of aryl methyl sites for hydroxylation is 1. The Morgan fingerprint density at radius 1 is 1.41 bits per heavy atom. The number of rotatable bonds is 4. The summed E-state index contributed by atoms with van der Waals surface area (Å²) in [6.45, 7) is 5.26. The molecule has 4 heteroatoms. The van der Waals surface area contributed by atoms with Gasteiger partial charge in [-0.1, -0.05) is 17.7 Å². The lowest BCUT2D eigenvalue weighted by atomic mass is 9.96.